The standard InChI is InChI=1S/C13H14O6/c1-18-13(17)10(15)6-7-5-8-9(14)3-2-4-11(8)19-12(7)16/h5,10,15H,2-4,6H2,1H3/t10-/m0/s1. The Morgan fingerprint density at radius 2 is 2.21 bits per heavy atom. The fraction of sp³-hybridized carbons (Fsp3) is 0.462. The summed E-state index contributed by atoms with van der Waals surface area (Å²) < 4.78 is 9.45. The lowest BCUT2D eigenvalue weighted by Crippen LogP contribution is -2.27. The Hall–Kier alpha value is -1.95. The first-order valence-electron chi connectivity index (χ1n) is 5.98. The summed E-state index contributed by atoms with van der Waals surface area (Å²) in [6, 6.07) is 1.41. The normalized spacial score (nSPS) is 15.8. The van der Waals surface area contributed by atoms with Crippen molar-refractivity contribution in [2.75, 3.05) is 7.11 Å². The molecule has 0 aromatic carbocycles. The van der Waals surface area contributed by atoms with E-state index in [2.05, 4.69) is 4.74 Å². The topological polar surface area (TPSA) is 93.8 Å². The van der Waals surface area contributed by atoms with Crippen LogP contribution in [0.5, 0.6) is 0 Å². The molecule has 0 bridgehead atoms. The molecule has 1 aromatic rings. The minimum absolute atomic E-state index is 0.0844. The Morgan fingerprint density at radius 1 is 1.47 bits per heavy atom. The lowest BCUT2D eigenvalue weighted by Gasteiger charge is -2.14. The first-order valence-corrected chi connectivity index (χ1v) is 5.98. The number of aryl methyl sites for hydroxylation is 1. The van der Waals surface area contributed by atoms with Crippen LogP contribution in [0.25, 0.3) is 0 Å². The molecule has 0 saturated heterocycles. The van der Waals surface area contributed by atoms with Crippen LogP contribution in [-0.2, 0) is 22.4 Å². The Morgan fingerprint density at radius 3 is 2.89 bits per heavy atom. The van der Waals surface area contributed by atoms with Gasteiger partial charge in [-0.1, -0.05) is 0 Å². The van der Waals surface area contributed by atoms with Crippen LogP contribution in [0.2, 0.25) is 0 Å². The molecule has 0 radical (unpaired) electrons. The van der Waals surface area contributed by atoms with E-state index in [1.807, 2.05) is 0 Å². The van der Waals surface area contributed by atoms with Gasteiger partial charge in [-0.3, -0.25) is 4.79 Å². The zero-order valence-electron chi connectivity index (χ0n) is 10.5. The highest BCUT2D eigenvalue weighted by Gasteiger charge is 2.24. The SMILES string of the molecule is COC(=O)[C@@H](O)Cc1cc2c(oc1=O)CCCC2=O. The van der Waals surface area contributed by atoms with Gasteiger partial charge in [0.1, 0.15) is 5.76 Å². The summed E-state index contributed by atoms with van der Waals surface area (Å²) in [6.45, 7) is 0. The summed E-state index contributed by atoms with van der Waals surface area (Å²) in [5.74, 6) is -0.528. The second-order valence-electron chi connectivity index (χ2n) is 4.42. The van der Waals surface area contributed by atoms with Crippen LogP contribution in [-0.4, -0.2) is 30.1 Å². The molecule has 0 unspecified atom stereocenters. The lowest BCUT2D eigenvalue weighted by atomic mass is 9.94. The molecule has 1 atom stereocenters. The van der Waals surface area contributed by atoms with Crippen molar-refractivity contribution in [3.05, 3.63) is 33.4 Å². The van der Waals surface area contributed by atoms with Crippen LogP contribution in [0, 0.1) is 0 Å². The molecule has 1 heterocycles. The number of ketones is 1. The summed E-state index contributed by atoms with van der Waals surface area (Å²) in [5, 5.41) is 9.53. The van der Waals surface area contributed by atoms with E-state index in [9.17, 15) is 19.5 Å². The highest BCUT2D eigenvalue weighted by Crippen LogP contribution is 2.20. The number of aliphatic hydroxyl groups excluding tert-OH is 1. The van der Waals surface area contributed by atoms with Gasteiger partial charge in [-0.15, -0.1) is 0 Å². The third kappa shape index (κ3) is 2.73. The molecule has 1 aliphatic carbocycles. The molecular formula is C13H14O6. The number of fused-ring (bicyclic) bond motifs is 1. The Kier molecular flexibility index (Phi) is 3.80. The minimum Gasteiger partial charge on any atom is -0.467 e. The van der Waals surface area contributed by atoms with Gasteiger partial charge in [-0.2, -0.15) is 0 Å². The van der Waals surface area contributed by atoms with E-state index in [-0.39, 0.29) is 17.8 Å². The van der Waals surface area contributed by atoms with Crippen molar-refractivity contribution in [2.45, 2.75) is 31.8 Å². The average molecular weight is 266 g/mol. The van der Waals surface area contributed by atoms with Crippen molar-refractivity contribution in [3.8, 4) is 0 Å². The molecule has 0 amide bonds. The second kappa shape index (κ2) is 5.36. The van der Waals surface area contributed by atoms with E-state index in [4.69, 9.17) is 4.42 Å². The monoisotopic (exact) mass is 266 g/mol. The number of carbonyl (C=O) groups excluding carboxylic acids is 2. The van der Waals surface area contributed by atoms with Crippen LogP contribution in [0.1, 0.15) is 34.5 Å². The summed E-state index contributed by atoms with van der Waals surface area (Å²) >= 11 is 0. The van der Waals surface area contributed by atoms with Crippen LogP contribution in [0.15, 0.2) is 15.3 Å². The van der Waals surface area contributed by atoms with Crippen LogP contribution < -0.4 is 5.63 Å². The van der Waals surface area contributed by atoms with Crippen molar-refractivity contribution in [1.29, 1.82) is 0 Å². The molecule has 102 valence electrons. The molecule has 1 N–H and O–H groups in total. The van der Waals surface area contributed by atoms with Crippen LogP contribution >= 0.6 is 0 Å². The van der Waals surface area contributed by atoms with Crippen molar-refractivity contribution in [3.63, 3.8) is 0 Å². The smallest absolute Gasteiger partial charge is 0.339 e. The zero-order chi connectivity index (χ0) is 14.0. The van der Waals surface area contributed by atoms with Gasteiger partial charge in [0, 0.05) is 24.8 Å². The molecule has 0 aliphatic heterocycles. The zero-order valence-corrected chi connectivity index (χ0v) is 10.5. The largest absolute Gasteiger partial charge is 0.467 e. The molecule has 0 spiro atoms. The maximum atomic E-state index is 11.7. The van der Waals surface area contributed by atoms with Gasteiger partial charge in [-0.05, 0) is 12.5 Å². The fourth-order valence-electron chi connectivity index (χ4n) is 2.08. The number of ether oxygens (including phenoxy) is 1. The van der Waals surface area contributed by atoms with Crippen molar-refractivity contribution in [1.82, 2.24) is 0 Å². The van der Waals surface area contributed by atoms with Crippen molar-refractivity contribution in [2.24, 2.45) is 0 Å². The van der Waals surface area contributed by atoms with Crippen LogP contribution in [0.4, 0.5) is 0 Å². The third-order valence-electron chi connectivity index (χ3n) is 3.09. The molecule has 1 aliphatic rings. The predicted molar refractivity (Wildman–Crippen MR) is 64.0 cm³/mol. The van der Waals surface area contributed by atoms with Gasteiger partial charge >= 0.3 is 11.6 Å². The highest BCUT2D eigenvalue weighted by molar-refractivity contribution is 5.97. The number of hydrogen-bond donors (Lipinski definition) is 1. The summed E-state index contributed by atoms with van der Waals surface area (Å²) in [5.41, 5.74) is -0.152. The van der Waals surface area contributed by atoms with E-state index < -0.39 is 17.7 Å². The van der Waals surface area contributed by atoms with E-state index in [0.717, 1.165) is 7.11 Å². The van der Waals surface area contributed by atoms with E-state index in [1.54, 1.807) is 0 Å². The van der Waals surface area contributed by atoms with Crippen molar-refractivity contribution >= 4 is 11.8 Å². The van der Waals surface area contributed by atoms with Gasteiger partial charge in [0.05, 0.1) is 12.7 Å². The first kappa shape index (κ1) is 13.5. The molecule has 6 nitrogen and oxygen atoms in total. The molecule has 1 aromatic heterocycles. The van der Waals surface area contributed by atoms with E-state index >= 15 is 0 Å². The summed E-state index contributed by atoms with van der Waals surface area (Å²) in [7, 11) is 1.14. The molecular weight excluding hydrogens is 252 g/mol. The third-order valence-corrected chi connectivity index (χ3v) is 3.09. The predicted octanol–water partition coefficient (Wildman–Crippen LogP) is 0.235. The number of esters is 1. The average Bonchev–Trinajstić information content (AvgIpc) is 2.39. The maximum absolute atomic E-state index is 11.7. The Labute approximate surface area is 109 Å². The second-order valence-corrected chi connectivity index (χ2v) is 4.42. The number of methoxy groups -OCH3 is 1. The maximum Gasteiger partial charge on any atom is 0.339 e. The quantitative estimate of drug-likeness (QED) is 0.787. The van der Waals surface area contributed by atoms with Crippen LogP contribution in [0.3, 0.4) is 0 Å². The van der Waals surface area contributed by atoms with Gasteiger partial charge in [-0.25, -0.2) is 9.59 Å². The van der Waals surface area contributed by atoms with Gasteiger partial charge in [0.15, 0.2) is 11.9 Å². The molecule has 0 fully saturated rings. The number of hydrogen-bond acceptors (Lipinski definition) is 6. The van der Waals surface area contributed by atoms with Gasteiger partial charge in [0.25, 0.3) is 0 Å². The number of carbonyl (C=O) groups is 2. The van der Waals surface area contributed by atoms with Crippen molar-refractivity contribution < 1.29 is 23.8 Å². The summed E-state index contributed by atoms with van der Waals surface area (Å²) in [6.07, 6.45) is -0.0331. The molecule has 2 rings (SSSR count). The minimum atomic E-state index is -1.44. The molecule has 6 heteroatoms. The molecule has 19 heavy (non-hydrogen) atoms. The summed E-state index contributed by atoms with van der Waals surface area (Å²) in [4.78, 5) is 34.5. The Balaban J connectivity index is 2.32. The number of rotatable bonds is 3. The van der Waals surface area contributed by atoms with Gasteiger partial charge < -0.3 is 14.3 Å². The lowest BCUT2D eigenvalue weighted by molar-refractivity contribution is -0.150. The molecule has 0 saturated carbocycles. The van der Waals surface area contributed by atoms with Gasteiger partial charge in [0.2, 0.25) is 0 Å². The van der Waals surface area contributed by atoms with E-state index in [1.165, 1.54) is 6.07 Å². The fourth-order valence-corrected chi connectivity index (χ4v) is 2.08. The first-order chi connectivity index (χ1) is 9.02. The number of aliphatic hydroxyl groups is 1. The number of Topliss-reactive ketones (excluding diaryl/α,β-unsaturated/α-hetero) is 1. The Bertz CT molecular complexity index is 571. The van der Waals surface area contributed by atoms with E-state index in [0.29, 0.717) is 30.6 Å². The highest BCUT2D eigenvalue weighted by atomic mass is 16.5.